The van der Waals surface area contributed by atoms with Crippen molar-refractivity contribution in [3.63, 3.8) is 0 Å². The van der Waals surface area contributed by atoms with Crippen LogP contribution < -0.4 is 14.8 Å². The second kappa shape index (κ2) is 10.4. The predicted molar refractivity (Wildman–Crippen MR) is 105 cm³/mol. The fraction of sp³-hybridized carbons (Fsp3) is 0.364. The minimum absolute atomic E-state index is 0.0654. The van der Waals surface area contributed by atoms with Crippen LogP contribution in [0.2, 0.25) is 0 Å². The van der Waals surface area contributed by atoms with Crippen LogP contribution in [0.15, 0.2) is 42.5 Å². The molecule has 1 atom stereocenters. The standard InChI is InChI=1S/C22H26FNO4/c1-4-27-20-12-8-17(14-21(20)28-5-2)15(3)24-22(26)13-11-19(25)16-6-9-18(23)10-7-16/h6-10,12,14-15H,4-5,11,13H2,1-3H3,(H,24,26). The first-order chi connectivity index (χ1) is 13.4. The first-order valence-electron chi connectivity index (χ1n) is 9.42. The maximum absolute atomic E-state index is 12.9. The second-order valence-corrected chi connectivity index (χ2v) is 6.29. The molecular weight excluding hydrogens is 361 g/mol. The van der Waals surface area contributed by atoms with E-state index >= 15 is 0 Å². The number of amides is 1. The monoisotopic (exact) mass is 387 g/mol. The van der Waals surface area contributed by atoms with Crippen molar-refractivity contribution in [3.8, 4) is 11.5 Å². The maximum atomic E-state index is 12.9. The van der Waals surface area contributed by atoms with Crippen molar-refractivity contribution in [2.75, 3.05) is 13.2 Å². The van der Waals surface area contributed by atoms with Gasteiger partial charge < -0.3 is 14.8 Å². The largest absolute Gasteiger partial charge is 0.490 e. The van der Waals surface area contributed by atoms with Crippen molar-refractivity contribution in [2.24, 2.45) is 0 Å². The molecule has 0 heterocycles. The van der Waals surface area contributed by atoms with Gasteiger partial charge in [0.05, 0.1) is 19.3 Å². The molecule has 0 saturated carbocycles. The van der Waals surface area contributed by atoms with Gasteiger partial charge in [0.1, 0.15) is 5.82 Å². The smallest absolute Gasteiger partial charge is 0.220 e. The van der Waals surface area contributed by atoms with E-state index in [9.17, 15) is 14.0 Å². The van der Waals surface area contributed by atoms with Crippen molar-refractivity contribution in [2.45, 2.75) is 39.7 Å². The summed E-state index contributed by atoms with van der Waals surface area (Å²) in [6, 6.07) is 10.6. The summed E-state index contributed by atoms with van der Waals surface area (Å²) in [5.74, 6) is 0.480. The number of ketones is 1. The van der Waals surface area contributed by atoms with Crippen LogP contribution in [0.3, 0.4) is 0 Å². The maximum Gasteiger partial charge on any atom is 0.220 e. The van der Waals surface area contributed by atoms with Gasteiger partial charge >= 0.3 is 0 Å². The minimum atomic E-state index is -0.398. The van der Waals surface area contributed by atoms with Crippen molar-refractivity contribution in [1.29, 1.82) is 0 Å². The van der Waals surface area contributed by atoms with Gasteiger partial charge in [0.2, 0.25) is 5.91 Å². The molecule has 0 aromatic heterocycles. The number of ether oxygens (including phenoxy) is 2. The lowest BCUT2D eigenvalue weighted by Gasteiger charge is -2.17. The lowest BCUT2D eigenvalue weighted by molar-refractivity contribution is -0.121. The lowest BCUT2D eigenvalue weighted by atomic mass is 10.1. The SMILES string of the molecule is CCOc1ccc(C(C)NC(=O)CCC(=O)c2ccc(F)cc2)cc1OCC. The van der Waals surface area contributed by atoms with E-state index in [0.29, 0.717) is 30.3 Å². The van der Waals surface area contributed by atoms with E-state index in [1.807, 2.05) is 39.0 Å². The van der Waals surface area contributed by atoms with E-state index in [1.54, 1.807) is 0 Å². The average molecular weight is 387 g/mol. The summed E-state index contributed by atoms with van der Waals surface area (Å²) in [6.45, 7) is 6.71. The van der Waals surface area contributed by atoms with E-state index in [0.717, 1.165) is 5.56 Å². The van der Waals surface area contributed by atoms with E-state index in [2.05, 4.69) is 5.32 Å². The van der Waals surface area contributed by atoms with Crippen molar-refractivity contribution >= 4 is 11.7 Å². The Morgan fingerprint density at radius 3 is 2.25 bits per heavy atom. The summed E-state index contributed by atoms with van der Waals surface area (Å²) < 4.78 is 24.1. The zero-order valence-corrected chi connectivity index (χ0v) is 16.5. The third-order valence-corrected chi connectivity index (χ3v) is 4.19. The van der Waals surface area contributed by atoms with Crippen molar-refractivity contribution in [1.82, 2.24) is 5.32 Å². The first kappa shape index (κ1) is 21.4. The summed E-state index contributed by atoms with van der Waals surface area (Å²) in [7, 11) is 0. The van der Waals surface area contributed by atoms with Gasteiger partial charge in [0.25, 0.3) is 0 Å². The van der Waals surface area contributed by atoms with E-state index in [4.69, 9.17) is 9.47 Å². The normalized spacial score (nSPS) is 11.6. The summed E-state index contributed by atoms with van der Waals surface area (Å²) in [5, 5.41) is 2.89. The van der Waals surface area contributed by atoms with Crippen LogP contribution in [0.25, 0.3) is 0 Å². The Kier molecular flexibility index (Phi) is 7.99. The number of rotatable bonds is 10. The van der Waals surface area contributed by atoms with Gasteiger partial charge in [-0.3, -0.25) is 9.59 Å². The van der Waals surface area contributed by atoms with Gasteiger partial charge in [-0.15, -0.1) is 0 Å². The Bertz CT molecular complexity index is 805. The van der Waals surface area contributed by atoms with E-state index in [1.165, 1.54) is 24.3 Å². The average Bonchev–Trinajstić information content (AvgIpc) is 2.68. The highest BCUT2D eigenvalue weighted by atomic mass is 19.1. The molecule has 1 N–H and O–H groups in total. The van der Waals surface area contributed by atoms with Crippen LogP contribution in [0, 0.1) is 5.82 Å². The van der Waals surface area contributed by atoms with Crippen LogP contribution in [-0.4, -0.2) is 24.9 Å². The Balaban J connectivity index is 1.93. The molecule has 2 rings (SSSR count). The molecule has 5 nitrogen and oxygen atoms in total. The number of nitrogens with one attached hydrogen (secondary N) is 1. The summed E-state index contributed by atoms with van der Waals surface area (Å²) in [4.78, 5) is 24.3. The van der Waals surface area contributed by atoms with Crippen LogP contribution in [0.5, 0.6) is 11.5 Å². The zero-order chi connectivity index (χ0) is 20.5. The quantitative estimate of drug-likeness (QED) is 0.611. The number of benzene rings is 2. The fourth-order valence-electron chi connectivity index (χ4n) is 2.74. The Morgan fingerprint density at radius 1 is 0.964 bits per heavy atom. The van der Waals surface area contributed by atoms with Crippen LogP contribution in [-0.2, 0) is 4.79 Å². The van der Waals surface area contributed by atoms with Gasteiger partial charge in [0.15, 0.2) is 17.3 Å². The van der Waals surface area contributed by atoms with E-state index < -0.39 is 5.82 Å². The molecule has 0 aliphatic carbocycles. The molecule has 150 valence electrons. The highest BCUT2D eigenvalue weighted by Gasteiger charge is 2.15. The fourth-order valence-corrected chi connectivity index (χ4v) is 2.74. The van der Waals surface area contributed by atoms with Gasteiger partial charge in [-0.2, -0.15) is 0 Å². The molecule has 1 unspecified atom stereocenters. The highest BCUT2D eigenvalue weighted by Crippen LogP contribution is 2.30. The molecule has 0 aliphatic rings. The number of Topliss-reactive ketones (excluding diaryl/α,β-unsaturated/α-hetero) is 1. The topological polar surface area (TPSA) is 64.6 Å². The van der Waals surface area contributed by atoms with Crippen LogP contribution in [0.1, 0.15) is 55.6 Å². The molecule has 0 aliphatic heterocycles. The third-order valence-electron chi connectivity index (χ3n) is 4.19. The Labute approximate surface area is 164 Å². The Hall–Kier alpha value is -2.89. The third kappa shape index (κ3) is 6.08. The van der Waals surface area contributed by atoms with Crippen LogP contribution in [0.4, 0.5) is 4.39 Å². The van der Waals surface area contributed by atoms with Gasteiger partial charge in [-0.05, 0) is 62.7 Å². The molecule has 2 aromatic carbocycles. The van der Waals surface area contributed by atoms with Gasteiger partial charge in [0, 0.05) is 18.4 Å². The molecule has 28 heavy (non-hydrogen) atoms. The lowest BCUT2D eigenvalue weighted by Crippen LogP contribution is -2.27. The minimum Gasteiger partial charge on any atom is -0.490 e. The molecule has 0 bridgehead atoms. The Morgan fingerprint density at radius 2 is 1.61 bits per heavy atom. The van der Waals surface area contributed by atoms with Gasteiger partial charge in [-0.25, -0.2) is 4.39 Å². The molecular formula is C22H26FNO4. The summed E-state index contributed by atoms with van der Waals surface area (Å²) >= 11 is 0. The summed E-state index contributed by atoms with van der Waals surface area (Å²) in [5.41, 5.74) is 1.28. The van der Waals surface area contributed by atoms with Crippen molar-refractivity contribution < 1.29 is 23.5 Å². The predicted octanol–water partition coefficient (Wildman–Crippen LogP) is 4.46. The number of halogens is 1. The molecule has 0 fully saturated rings. The highest BCUT2D eigenvalue weighted by molar-refractivity contribution is 5.97. The molecule has 1 amide bonds. The molecule has 2 aromatic rings. The first-order valence-corrected chi connectivity index (χ1v) is 9.42. The molecule has 0 spiro atoms. The van der Waals surface area contributed by atoms with Gasteiger partial charge in [-0.1, -0.05) is 6.07 Å². The number of carbonyl (C=O) groups excluding carboxylic acids is 2. The molecule has 0 radical (unpaired) electrons. The van der Waals surface area contributed by atoms with Crippen molar-refractivity contribution in [3.05, 3.63) is 59.4 Å². The second-order valence-electron chi connectivity index (χ2n) is 6.29. The molecule has 6 heteroatoms. The number of hydrogen-bond acceptors (Lipinski definition) is 4. The number of hydrogen-bond donors (Lipinski definition) is 1. The summed E-state index contributed by atoms with van der Waals surface area (Å²) in [6.07, 6.45) is 0.132. The number of carbonyl (C=O) groups is 2. The molecule has 0 saturated heterocycles. The van der Waals surface area contributed by atoms with Crippen LogP contribution >= 0.6 is 0 Å². The van der Waals surface area contributed by atoms with E-state index in [-0.39, 0.29) is 30.6 Å². The zero-order valence-electron chi connectivity index (χ0n) is 16.5.